The molecule has 1 fully saturated rings. The molecular formula is C15H17N5OS2. The number of hydrogen-bond donors (Lipinski definition) is 3. The van der Waals surface area contributed by atoms with Crippen molar-refractivity contribution in [3.63, 3.8) is 0 Å². The van der Waals surface area contributed by atoms with Crippen LogP contribution in [0.5, 0.6) is 0 Å². The molecule has 3 N–H and O–H groups in total. The summed E-state index contributed by atoms with van der Waals surface area (Å²) in [6.45, 7) is 2.09. The van der Waals surface area contributed by atoms with E-state index < -0.39 is 0 Å². The molecule has 1 saturated heterocycles. The van der Waals surface area contributed by atoms with Crippen molar-refractivity contribution in [2.45, 2.75) is 30.7 Å². The zero-order valence-corrected chi connectivity index (χ0v) is 14.2. The first-order valence-electron chi connectivity index (χ1n) is 7.73. The molecular weight excluding hydrogens is 330 g/mol. The summed E-state index contributed by atoms with van der Waals surface area (Å²) >= 11 is 3.46. The number of rotatable bonds is 2. The number of aromatic nitrogens is 3. The third-order valence-electron chi connectivity index (χ3n) is 4.99. The molecule has 4 atom stereocenters. The molecule has 0 aliphatic carbocycles. The number of imidazole rings is 1. The molecule has 5 rings (SSSR count). The molecule has 8 heteroatoms. The highest BCUT2D eigenvalue weighted by Crippen LogP contribution is 2.54. The van der Waals surface area contributed by atoms with Gasteiger partial charge in [0.25, 0.3) is 0 Å². The van der Waals surface area contributed by atoms with Gasteiger partial charge in [-0.25, -0.2) is 14.6 Å². The Labute approximate surface area is 142 Å². The molecule has 5 heterocycles. The first-order chi connectivity index (χ1) is 11.3. The molecule has 0 amide bonds. The Kier molecular flexibility index (Phi) is 3.09. The highest BCUT2D eigenvalue weighted by atomic mass is 32.2. The number of thioether (sulfide) groups is 1. The Morgan fingerprint density at radius 3 is 3.13 bits per heavy atom. The van der Waals surface area contributed by atoms with Crippen LogP contribution in [-0.4, -0.2) is 31.7 Å². The van der Waals surface area contributed by atoms with Gasteiger partial charge in [0, 0.05) is 28.3 Å². The summed E-state index contributed by atoms with van der Waals surface area (Å²) in [7, 11) is 0. The van der Waals surface area contributed by atoms with Crippen LogP contribution in [0.25, 0.3) is 0 Å². The number of piperidine rings is 1. The van der Waals surface area contributed by atoms with Crippen LogP contribution >= 0.6 is 23.1 Å². The van der Waals surface area contributed by atoms with Gasteiger partial charge in [-0.3, -0.25) is 10.7 Å². The molecule has 2 aromatic heterocycles. The highest BCUT2D eigenvalue weighted by molar-refractivity contribution is 8.04. The van der Waals surface area contributed by atoms with Crippen molar-refractivity contribution in [1.29, 1.82) is 0 Å². The van der Waals surface area contributed by atoms with E-state index in [-0.39, 0.29) is 18.0 Å². The van der Waals surface area contributed by atoms with Gasteiger partial charge in [0.2, 0.25) is 0 Å². The number of nitrogens with zero attached hydrogens (tertiary/aromatic N) is 3. The topological polar surface area (TPSA) is 75.0 Å². The molecule has 0 aromatic carbocycles. The normalized spacial score (nSPS) is 31.7. The van der Waals surface area contributed by atoms with E-state index in [9.17, 15) is 5.11 Å². The fourth-order valence-corrected chi connectivity index (χ4v) is 6.08. The molecule has 4 unspecified atom stereocenters. The first-order valence-corrected chi connectivity index (χ1v) is 9.49. The molecule has 0 saturated carbocycles. The maximum atomic E-state index is 9.76. The van der Waals surface area contributed by atoms with Crippen LogP contribution in [0.2, 0.25) is 0 Å². The molecule has 0 spiro atoms. The summed E-state index contributed by atoms with van der Waals surface area (Å²) in [6.07, 6.45) is 4.87. The van der Waals surface area contributed by atoms with E-state index in [2.05, 4.69) is 25.4 Å². The van der Waals surface area contributed by atoms with Crippen molar-refractivity contribution in [2.24, 2.45) is 5.92 Å². The molecule has 0 radical (unpaired) electrons. The Hall–Kier alpha value is -1.35. The Bertz CT molecular complexity index is 784. The van der Waals surface area contributed by atoms with Crippen LogP contribution < -0.4 is 10.7 Å². The molecule has 3 aliphatic heterocycles. The standard InChI is InChI=1S/C15H17N5OS2/c1-7-17-5-10-8-4-9(14-16-2-3-22-14)18-15-12(8)13(19-20(7)10)11(6-21)23-15/h2-3,5,8-9,12,15,18-19,21H,4,6H2,1H3. The van der Waals surface area contributed by atoms with E-state index in [1.54, 1.807) is 23.1 Å². The van der Waals surface area contributed by atoms with Crippen LogP contribution in [0.15, 0.2) is 28.4 Å². The van der Waals surface area contributed by atoms with E-state index in [1.165, 1.54) is 5.69 Å². The van der Waals surface area contributed by atoms with Crippen molar-refractivity contribution in [1.82, 2.24) is 20.0 Å². The average molecular weight is 347 g/mol. The molecule has 23 heavy (non-hydrogen) atoms. The number of nitrogens with one attached hydrogen (secondary N) is 2. The SMILES string of the molecule is Cc1ncc2n1NC1=C(CO)SC3NC(c4nccs4)CC2C13. The Balaban J connectivity index is 1.61. The quantitative estimate of drug-likeness (QED) is 0.771. The van der Waals surface area contributed by atoms with Gasteiger partial charge in [-0.15, -0.1) is 23.1 Å². The maximum absolute atomic E-state index is 9.76. The lowest BCUT2D eigenvalue weighted by Gasteiger charge is -2.43. The predicted octanol–water partition coefficient (Wildman–Crippen LogP) is 1.92. The van der Waals surface area contributed by atoms with Crippen molar-refractivity contribution >= 4 is 23.1 Å². The van der Waals surface area contributed by atoms with Gasteiger partial charge >= 0.3 is 0 Å². The minimum atomic E-state index is 0.0827. The molecule has 3 aliphatic rings. The van der Waals surface area contributed by atoms with Crippen molar-refractivity contribution in [3.8, 4) is 0 Å². The fourth-order valence-electron chi connectivity index (χ4n) is 3.98. The summed E-state index contributed by atoms with van der Waals surface area (Å²) < 4.78 is 2.08. The van der Waals surface area contributed by atoms with E-state index in [1.807, 2.05) is 24.7 Å². The minimum absolute atomic E-state index is 0.0827. The van der Waals surface area contributed by atoms with Gasteiger partial charge in [0.15, 0.2) is 0 Å². The first kappa shape index (κ1) is 14.0. The van der Waals surface area contributed by atoms with Crippen LogP contribution in [-0.2, 0) is 0 Å². The van der Waals surface area contributed by atoms with Crippen LogP contribution in [0, 0.1) is 12.8 Å². The lowest BCUT2D eigenvalue weighted by Crippen LogP contribution is -2.48. The molecule has 0 bridgehead atoms. The number of thiazole rings is 1. The van der Waals surface area contributed by atoms with Gasteiger partial charge in [-0.1, -0.05) is 0 Å². The number of aliphatic hydroxyl groups is 1. The summed E-state index contributed by atoms with van der Waals surface area (Å²) in [5.41, 5.74) is 5.88. The summed E-state index contributed by atoms with van der Waals surface area (Å²) in [5, 5.41) is 16.9. The second kappa shape index (κ2) is 5.07. The van der Waals surface area contributed by atoms with E-state index in [4.69, 9.17) is 0 Å². The van der Waals surface area contributed by atoms with Gasteiger partial charge < -0.3 is 5.11 Å². The predicted molar refractivity (Wildman–Crippen MR) is 90.7 cm³/mol. The van der Waals surface area contributed by atoms with Crippen molar-refractivity contribution in [2.75, 3.05) is 12.0 Å². The third kappa shape index (κ3) is 1.95. The fraction of sp³-hybridized carbons (Fsp3) is 0.467. The minimum Gasteiger partial charge on any atom is -0.391 e. The molecule has 2 aromatic rings. The third-order valence-corrected chi connectivity index (χ3v) is 7.19. The second-order valence-corrected chi connectivity index (χ2v) is 8.33. The highest BCUT2D eigenvalue weighted by Gasteiger charge is 2.50. The summed E-state index contributed by atoms with van der Waals surface area (Å²) in [5.74, 6) is 1.71. The van der Waals surface area contributed by atoms with Crippen molar-refractivity contribution in [3.05, 3.63) is 44.9 Å². The smallest absolute Gasteiger partial charge is 0.124 e. The van der Waals surface area contributed by atoms with E-state index >= 15 is 0 Å². The van der Waals surface area contributed by atoms with Crippen LogP contribution in [0.1, 0.15) is 34.9 Å². The number of fused-ring (bicyclic) bond motifs is 2. The van der Waals surface area contributed by atoms with Gasteiger partial charge in [0.1, 0.15) is 10.8 Å². The lowest BCUT2D eigenvalue weighted by molar-refractivity contribution is 0.264. The van der Waals surface area contributed by atoms with Crippen LogP contribution in [0.4, 0.5) is 0 Å². The van der Waals surface area contributed by atoms with Crippen molar-refractivity contribution < 1.29 is 5.11 Å². The number of aliphatic hydroxyl groups excluding tert-OH is 1. The summed E-state index contributed by atoms with van der Waals surface area (Å²) in [6, 6.07) is 0.259. The second-order valence-electron chi connectivity index (χ2n) is 6.17. The molecule has 120 valence electrons. The largest absolute Gasteiger partial charge is 0.391 e. The average Bonchev–Trinajstić information content (AvgIpc) is 3.28. The zero-order valence-electron chi connectivity index (χ0n) is 12.6. The van der Waals surface area contributed by atoms with E-state index in [0.717, 1.165) is 27.9 Å². The van der Waals surface area contributed by atoms with Gasteiger partial charge in [0.05, 0.1) is 35.6 Å². The molecule has 6 nitrogen and oxygen atoms in total. The van der Waals surface area contributed by atoms with E-state index in [0.29, 0.717) is 11.8 Å². The Morgan fingerprint density at radius 1 is 1.43 bits per heavy atom. The number of hydrogen-bond acceptors (Lipinski definition) is 7. The maximum Gasteiger partial charge on any atom is 0.124 e. The lowest BCUT2D eigenvalue weighted by atomic mass is 9.78. The monoisotopic (exact) mass is 347 g/mol. The zero-order chi connectivity index (χ0) is 15.6. The number of aryl methyl sites for hydroxylation is 1. The Morgan fingerprint density at radius 2 is 2.35 bits per heavy atom. The van der Waals surface area contributed by atoms with Crippen LogP contribution in [0.3, 0.4) is 0 Å². The van der Waals surface area contributed by atoms with Gasteiger partial charge in [-0.2, -0.15) is 0 Å². The van der Waals surface area contributed by atoms with Gasteiger partial charge in [-0.05, 0) is 13.3 Å². The summed E-state index contributed by atoms with van der Waals surface area (Å²) in [4.78, 5) is 10.0.